The summed E-state index contributed by atoms with van der Waals surface area (Å²) in [6.07, 6.45) is 0.700. The van der Waals surface area contributed by atoms with Crippen molar-refractivity contribution in [2.45, 2.75) is 12.5 Å². The Kier molecular flexibility index (Phi) is 5.83. The van der Waals surface area contributed by atoms with Crippen LogP contribution in [0.2, 0.25) is 10.0 Å². The predicted octanol–water partition coefficient (Wildman–Crippen LogP) is 6.18. The van der Waals surface area contributed by atoms with Gasteiger partial charge in [0.25, 0.3) is 5.91 Å². The first-order valence-corrected chi connectivity index (χ1v) is 11.3. The van der Waals surface area contributed by atoms with E-state index >= 15 is 0 Å². The maximum Gasteiger partial charge on any atom is 0.273 e. The Morgan fingerprint density at radius 3 is 2.45 bits per heavy atom. The summed E-state index contributed by atoms with van der Waals surface area (Å²) < 4.78 is 5.25. The number of ether oxygens (including phenoxy) is 1. The van der Waals surface area contributed by atoms with Crippen LogP contribution in [-0.4, -0.2) is 34.7 Å². The van der Waals surface area contributed by atoms with Crippen LogP contribution in [0, 0.1) is 0 Å². The van der Waals surface area contributed by atoms with Gasteiger partial charge in [0.2, 0.25) is 0 Å². The van der Waals surface area contributed by atoms with Gasteiger partial charge in [0.15, 0.2) is 0 Å². The molecule has 166 valence electrons. The molecule has 0 spiro atoms. The van der Waals surface area contributed by atoms with Crippen LogP contribution in [-0.2, 0) is 6.42 Å². The summed E-state index contributed by atoms with van der Waals surface area (Å²) in [6, 6.07) is 23.0. The average molecular weight is 478 g/mol. The third kappa shape index (κ3) is 3.99. The Bertz CT molecular complexity index is 1300. The van der Waals surface area contributed by atoms with Crippen LogP contribution in [0.4, 0.5) is 0 Å². The Morgan fingerprint density at radius 2 is 1.76 bits per heavy atom. The molecule has 0 saturated heterocycles. The maximum absolute atomic E-state index is 13.5. The number of hydrogen-bond donors (Lipinski definition) is 1. The van der Waals surface area contributed by atoms with Crippen LogP contribution in [0.3, 0.4) is 0 Å². The smallest absolute Gasteiger partial charge is 0.273 e. The molecule has 7 heteroatoms. The summed E-state index contributed by atoms with van der Waals surface area (Å²) in [6.45, 7) is 0.535. The number of amides is 1. The molecular weight excluding hydrogens is 457 g/mol. The van der Waals surface area contributed by atoms with Crippen LogP contribution in [0.15, 0.2) is 72.8 Å². The highest BCUT2D eigenvalue weighted by atomic mass is 35.5. The number of aromatic amines is 1. The molecule has 0 radical (unpaired) electrons. The molecule has 5 nitrogen and oxygen atoms in total. The first-order chi connectivity index (χ1) is 16.1. The summed E-state index contributed by atoms with van der Waals surface area (Å²) in [5.41, 5.74) is 5.10. The Labute approximate surface area is 201 Å². The molecule has 0 aliphatic carbocycles. The summed E-state index contributed by atoms with van der Waals surface area (Å²) in [5, 5.41) is 8.42. The highest BCUT2D eigenvalue weighted by Crippen LogP contribution is 2.43. The van der Waals surface area contributed by atoms with Gasteiger partial charge in [-0.05, 0) is 41.8 Å². The van der Waals surface area contributed by atoms with Crippen molar-refractivity contribution in [1.82, 2.24) is 15.1 Å². The van der Waals surface area contributed by atoms with Gasteiger partial charge in [-0.3, -0.25) is 9.89 Å². The minimum Gasteiger partial charge on any atom is -0.497 e. The van der Waals surface area contributed by atoms with E-state index in [4.69, 9.17) is 27.9 Å². The number of fused-ring (bicyclic) bond motifs is 1. The minimum absolute atomic E-state index is 0.0794. The number of benzene rings is 3. The Balaban J connectivity index is 1.55. The van der Waals surface area contributed by atoms with Gasteiger partial charge in [0.1, 0.15) is 11.4 Å². The second-order valence-corrected chi connectivity index (χ2v) is 8.71. The first kappa shape index (κ1) is 21.6. The second kappa shape index (κ2) is 8.93. The number of nitrogens with one attached hydrogen (secondary N) is 1. The predicted molar refractivity (Wildman–Crippen MR) is 130 cm³/mol. The molecular formula is C26H21Cl2N3O2. The van der Waals surface area contributed by atoms with Gasteiger partial charge >= 0.3 is 0 Å². The maximum atomic E-state index is 13.5. The SMILES string of the molecule is COc1ccc(CCN2C(=O)c3[nH]nc(-c4ccccc4)c3C2c2ccc(Cl)c(Cl)c2)cc1. The van der Waals surface area contributed by atoms with E-state index in [0.29, 0.717) is 28.7 Å². The fourth-order valence-corrected chi connectivity index (χ4v) is 4.62. The zero-order chi connectivity index (χ0) is 22.9. The van der Waals surface area contributed by atoms with Gasteiger partial charge in [-0.1, -0.05) is 71.7 Å². The van der Waals surface area contributed by atoms with Gasteiger partial charge in [0.05, 0.1) is 28.9 Å². The van der Waals surface area contributed by atoms with E-state index in [0.717, 1.165) is 33.7 Å². The van der Waals surface area contributed by atoms with Crippen LogP contribution >= 0.6 is 23.2 Å². The average Bonchev–Trinajstić information content (AvgIpc) is 3.39. The van der Waals surface area contributed by atoms with E-state index < -0.39 is 0 Å². The lowest BCUT2D eigenvalue weighted by Gasteiger charge is -2.27. The van der Waals surface area contributed by atoms with Gasteiger partial charge in [-0.15, -0.1) is 0 Å². The molecule has 1 aliphatic heterocycles. The minimum atomic E-state index is -0.325. The van der Waals surface area contributed by atoms with E-state index in [1.165, 1.54) is 0 Å². The number of carbonyl (C=O) groups is 1. The largest absolute Gasteiger partial charge is 0.497 e. The molecule has 0 fully saturated rings. The van der Waals surface area contributed by atoms with Crippen molar-refractivity contribution >= 4 is 29.1 Å². The van der Waals surface area contributed by atoms with Crippen molar-refractivity contribution in [3.8, 4) is 17.0 Å². The summed E-state index contributed by atoms with van der Waals surface area (Å²) in [4.78, 5) is 15.3. The standard InChI is InChI=1S/C26H21Cl2N3O2/c1-33-19-10-7-16(8-11-19)13-14-31-25(18-9-12-20(27)21(28)15-18)22-23(17-5-3-2-4-6-17)29-30-24(22)26(31)32/h2-12,15,25H,13-14H2,1H3,(H,29,30). The number of hydrogen-bond acceptors (Lipinski definition) is 3. The summed E-state index contributed by atoms with van der Waals surface area (Å²) in [5.74, 6) is 0.725. The molecule has 1 aliphatic rings. The van der Waals surface area contributed by atoms with Crippen LogP contribution in [0.1, 0.15) is 33.2 Å². The molecule has 0 saturated carbocycles. The van der Waals surface area contributed by atoms with E-state index in [1.807, 2.05) is 71.6 Å². The molecule has 1 aromatic heterocycles. The number of aromatic nitrogens is 2. The third-order valence-electron chi connectivity index (χ3n) is 5.97. The second-order valence-electron chi connectivity index (χ2n) is 7.90. The molecule has 1 atom stereocenters. The Hall–Kier alpha value is -3.28. The van der Waals surface area contributed by atoms with Crippen molar-refractivity contribution in [2.24, 2.45) is 0 Å². The first-order valence-electron chi connectivity index (χ1n) is 10.6. The number of H-pyrrole nitrogens is 1. The number of halogens is 2. The van der Waals surface area contributed by atoms with Crippen LogP contribution < -0.4 is 4.74 Å². The number of carbonyl (C=O) groups excluding carboxylic acids is 1. The number of methoxy groups -OCH3 is 1. The van der Waals surface area contributed by atoms with Gasteiger partial charge in [0, 0.05) is 17.7 Å². The lowest BCUT2D eigenvalue weighted by molar-refractivity contribution is 0.0746. The quantitative estimate of drug-likeness (QED) is 0.360. The molecule has 1 unspecified atom stereocenters. The van der Waals surface area contributed by atoms with E-state index in [-0.39, 0.29) is 11.9 Å². The van der Waals surface area contributed by atoms with E-state index in [2.05, 4.69) is 10.2 Å². The topological polar surface area (TPSA) is 58.2 Å². The fourth-order valence-electron chi connectivity index (χ4n) is 4.31. The van der Waals surface area contributed by atoms with Crippen molar-refractivity contribution in [1.29, 1.82) is 0 Å². The van der Waals surface area contributed by atoms with Crippen molar-refractivity contribution in [3.05, 3.63) is 105 Å². The van der Waals surface area contributed by atoms with Gasteiger partial charge in [-0.25, -0.2) is 0 Å². The van der Waals surface area contributed by atoms with Gasteiger partial charge < -0.3 is 9.64 Å². The van der Waals surface area contributed by atoms with Gasteiger partial charge in [-0.2, -0.15) is 5.10 Å². The monoisotopic (exact) mass is 477 g/mol. The van der Waals surface area contributed by atoms with E-state index in [1.54, 1.807) is 13.2 Å². The Morgan fingerprint density at radius 1 is 1.00 bits per heavy atom. The molecule has 0 bridgehead atoms. The summed E-state index contributed by atoms with van der Waals surface area (Å²) >= 11 is 12.5. The highest BCUT2D eigenvalue weighted by Gasteiger charge is 2.42. The lowest BCUT2D eigenvalue weighted by Crippen LogP contribution is -2.31. The highest BCUT2D eigenvalue weighted by molar-refractivity contribution is 6.42. The van der Waals surface area contributed by atoms with Crippen LogP contribution in [0.5, 0.6) is 5.75 Å². The molecule has 4 aromatic rings. The van der Waals surface area contributed by atoms with Crippen molar-refractivity contribution < 1.29 is 9.53 Å². The molecule has 33 heavy (non-hydrogen) atoms. The number of nitrogens with zero attached hydrogens (tertiary/aromatic N) is 2. The van der Waals surface area contributed by atoms with Crippen molar-refractivity contribution in [2.75, 3.05) is 13.7 Å². The summed E-state index contributed by atoms with van der Waals surface area (Å²) in [7, 11) is 1.64. The molecule has 1 N–H and O–H groups in total. The molecule has 2 heterocycles. The van der Waals surface area contributed by atoms with Crippen LogP contribution in [0.25, 0.3) is 11.3 Å². The number of rotatable bonds is 6. The molecule has 5 rings (SSSR count). The normalized spacial score (nSPS) is 15.1. The third-order valence-corrected chi connectivity index (χ3v) is 6.71. The molecule has 1 amide bonds. The van der Waals surface area contributed by atoms with Crippen molar-refractivity contribution in [3.63, 3.8) is 0 Å². The molecule has 3 aromatic carbocycles. The van der Waals surface area contributed by atoms with E-state index in [9.17, 15) is 4.79 Å². The lowest BCUT2D eigenvalue weighted by atomic mass is 9.96. The zero-order valence-electron chi connectivity index (χ0n) is 17.9. The fraction of sp³-hybridized carbons (Fsp3) is 0.154. The zero-order valence-corrected chi connectivity index (χ0v) is 19.4.